The lowest BCUT2D eigenvalue weighted by molar-refractivity contribution is -0.126. The van der Waals surface area contributed by atoms with Gasteiger partial charge in [-0.05, 0) is 26.7 Å². The molecule has 0 aromatic carbocycles. The van der Waals surface area contributed by atoms with Crippen molar-refractivity contribution in [1.29, 1.82) is 0 Å². The molecule has 6 nitrogen and oxygen atoms in total. The predicted octanol–water partition coefficient (Wildman–Crippen LogP) is -0.617. The van der Waals surface area contributed by atoms with Crippen molar-refractivity contribution in [3.05, 3.63) is 0 Å². The summed E-state index contributed by atoms with van der Waals surface area (Å²) >= 11 is 0. The van der Waals surface area contributed by atoms with Gasteiger partial charge in [-0.2, -0.15) is 0 Å². The molecular formula is C12H23N3O3. The Labute approximate surface area is 108 Å². The summed E-state index contributed by atoms with van der Waals surface area (Å²) in [6.45, 7) is 5.50. The van der Waals surface area contributed by atoms with Crippen LogP contribution >= 0.6 is 0 Å². The van der Waals surface area contributed by atoms with E-state index in [0.29, 0.717) is 19.8 Å². The summed E-state index contributed by atoms with van der Waals surface area (Å²) in [5.74, 6) is -0.429. The molecule has 18 heavy (non-hydrogen) atoms. The van der Waals surface area contributed by atoms with E-state index in [9.17, 15) is 9.59 Å². The van der Waals surface area contributed by atoms with E-state index in [-0.39, 0.29) is 24.4 Å². The second kappa shape index (κ2) is 6.70. The van der Waals surface area contributed by atoms with E-state index in [1.807, 2.05) is 0 Å². The van der Waals surface area contributed by atoms with Crippen LogP contribution in [0.25, 0.3) is 0 Å². The molecule has 0 saturated carbocycles. The highest BCUT2D eigenvalue weighted by atomic mass is 16.5. The van der Waals surface area contributed by atoms with E-state index in [0.717, 1.165) is 12.8 Å². The number of primary amides is 1. The number of hydrogen-bond acceptors (Lipinski definition) is 4. The number of ether oxygens (including phenoxy) is 1. The summed E-state index contributed by atoms with van der Waals surface area (Å²) < 4.78 is 5.22. The van der Waals surface area contributed by atoms with Gasteiger partial charge in [-0.3, -0.25) is 9.59 Å². The Morgan fingerprint density at radius 3 is 2.50 bits per heavy atom. The summed E-state index contributed by atoms with van der Waals surface area (Å²) in [4.78, 5) is 22.7. The molecule has 6 heteroatoms. The maximum Gasteiger partial charge on any atom is 0.234 e. The molecule has 1 heterocycles. The van der Waals surface area contributed by atoms with E-state index in [4.69, 9.17) is 10.5 Å². The Bertz CT molecular complexity index is 299. The van der Waals surface area contributed by atoms with Gasteiger partial charge in [0, 0.05) is 25.8 Å². The Morgan fingerprint density at radius 1 is 1.33 bits per heavy atom. The Morgan fingerprint density at radius 2 is 1.94 bits per heavy atom. The summed E-state index contributed by atoms with van der Waals surface area (Å²) in [7, 11) is 0. The van der Waals surface area contributed by atoms with E-state index in [2.05, 4.69) is 10.6 Å². The molecule has 0 aliphatic carbocycles. The van der Waals surface area contributed by atoms with Gasteiger partial charge < -0.3 is 21.1 Å². The van der Waals surface area contributed by atoms with Crippen LogP contribution in [0.4, 0.5) is 0 Å². The van der Waals surface area contributed by atoms with Crippen LogP contribution in [-0.4, -0.2) is 44.2 Å². The summed E-state index contributed by atoms with van der Waals surface area (Å²) in [6, 6.07) is 0.206. The minimum atomic E-state index is -0.640. The van der Waals surface area contributed by atoms with Crippen molar-refractivity contribution in [2.24, 2.45) is 11.1 Å². The third-order valence-corrected chi connectivity index (χ3v) is 3.11. The van der Waals surface area contributed by atoms with Crippen molar-refractivity contribution in [3.8, 4) is 0 Å². The first kappa shape index (κ1) is 14.9. The van der Waals surface area contributed by atoms with Gasteiger partial charge in [-0.25, -0.2) is 0 Å². The van der Waals surface area contributed by atoms with Gasteiger partial charge in [-0.15, -0.1) is 0 Å². The van der Waals surface area contributed by atoms with Crippen molar-refractivity contribution >= 4 is 11.8 Å². The molecule has 0 aromatic heterocycles. The maximum absolute atomic E-state index is 11.6. The first-order valence-corrected chi connectivity index (χ1v) is 6.29. The molecule has 1 fully saturated rings. The van der Waals surface area contributed by atoms with Crippen LogP contribution in [0.1, 0.15) is 26.7 Å². The van der Waals surface area contributed by atoms with Crippen LogP contribution < -0.4 is 16.4 Å². The third kappa shape index (κ3) is 5.01. The van der Waals surface area contributed by atoms with Gasteiger partial charge in [0.15, 0.2) is 0 Å². The molecule has 1 aliphatic heterocycles. The number of carbonyl (C=O) groups is 2. The highest BCUT2D eigenvalue weighted by Crippen LogP contribution is 2.11. The van der Waals surface area contributed by atoms with Crippen LogP contribution in [0.5, 0.6) is 0 Å². The van der Waals surface area contributed by atoms with Gasteiger partial charge in [0.05, 0.1) is 12.0 Å². The summed E-state index contributed by atoms with van der Waals surface area (Å²) in [5.41, 5.74) is 4.60. The quantitative estimate of drug-likeness (QED) is 0.591. The predicted molar refractivity (Wildman–Crippen MR) is 67.8 cm³/mol. The number of nitrogens with two attached hydrogens (primary N) is 1. The first-order valence-electron chi connectivity index (χ1n) is 6.29. The lowest BCUT2D eigenvalue weighted by Gasteiger charge is -2.24. The molecule has 1 saturated heterocycles. The molecule has 0 atom stereocenters. The monoisotopic (exact) mass is 257 g/mol. The zero-order valence-electron chi connectivity index (χ0n) is 11.1. The Hall–Kier alpha value is -1.14. The SMILES string of the molecule is CC(C)(CNCC(=O)NC1CCOCC1)C(N)=O. The van der Waals surface area contributed by atoms with E-state index >= 15 is 0 Å². The first-order chi connectivity index (χ1) is 8.42. The molecule has 104 valence electrons. The lowest BCUT2D eigenvalue weighted by atomic mass is 9.93. The number of amides is 2. The lowest BCUT2D eigenvalue weighted by Crippen LogP contribution is -2.46. The van der Waals surface area contributed by atoms with Crippen molar-refractivity contribution in [3.63, 3.8) is 0 Å². The highest BCUT2D eigenvalue weighted by Gasteiger charge is 2.24. The molecule has 1 aliphatic rings. The molecule has 4 N–H and O–H groups in total. The summed E-state index contributed by atoms with van der Waals surface area (Å²) in [6.07, 6.45) is 1.72. The molecule has 2 amide bonds. The van der Waals surface area contributed by atoms with Crippen molar-refractivity contribution in [2.45, 2.75) is 32.7 Å². The van der Waals surface area contributed by atoms with Crippen LogP contribution in [0.2, 0.25) is 0 Å². The molecule has 0 spiro atoms. The zero-order chi connectivity index (χ0) is 13.6. The largest absolute Gasteiger partial charge is 0.381 e. The smallest absolute Gasteiger partial charge is 0.234 e. The van der Waals surface area contributed by atoms with Gasteiger partial charge in [0.25, 0.3) is 0 Å². The fourth-order valence-electron chi connectivity index (χ4n) is 1.70. The molecular weight excluding hydrogens is 234 g/mol. The molecule has 0 unspecified atom stereocenters. The molecule has 1 rings (SSSR count). The number of hydrogen-bond donors (Lipinski definition) is 3. The van der Waals surface area contributed by atoms with Gasteiger partial charge >= 0.3 is 0 Å². The summed E-state index contributed by atoms with van der Waals surface area (Å²) in [5, 5.41) is 5.89. The van der Waals surface area contributed by atoms with Crippen molar-refractivity contribution in [1.82, 2.24) is 10.6 Å². The fraction of sp³-hybridized carbons (Fsp3) is 0.833. The van der Waals surface area contributed by atoms with Gasteiger partial charge in [0.2, 0.25) is 11.8 Å². The minimum Gasteiger partial charge on any atom is -0.381 e. The van der Waals surface area contributed by atoms with Crippen LogP contribution in [-0.2, 0) is 14.3 Å². The average molecular weight is 257 g/mol. The Balaban J connectivity index is 2.18. The second-order valence-electron chi connectivity index (χ2n) is 5.31. The normalized spacial score (nSPS) is 17.4. The standard InChI is InChI=1S/C12H23N3O3/c1-12(2,11(13)17)8-14-7-10(16)15-9-3-5-18-6-4-9/h9,14H,3-8H2,1-2H3,(H2,13,17)(H,15,16). The van der Waals surface area contributed by atoms with E-state index < -0.39 is 5.41 Å². The molecule has 0 bridgehead atoms. The average Bonchev–Trinajstić information content (AvgIpc) is 2.29. The number of rotatable bonds is 6. The van der Waals surface area contributed by atoms with Crippen LogP contribution in [0.3, 0.4) is 0 Å². The topological polar surface area (TPSA) is 93.4 Å². The van der Waals surface area contributed by atoms with Crippen LogP contribution in [0, 0.1) is 5.41 Å². The highest BCUT2D eigenvalue weighted by molar-refractivity contribution is 5.81. The molecule has 0 aromatic rings. The number of nitrogens with one attached hydrogen (secondary N) is 2. The van der Waals surface area contributed by atoms with Crippen LogP contribution in [0.15, 0.2) is 0 Å². The third-order valence-electron chi connectivity index (χ3n) is 3.11. The van der Waals surface area contributed by atoms with E-state index in [1.54, 1.807) is 13.8 Å². The van der Waals surface area contributed by atoms with Gasteiger partial charge in [-0.1, -0.05) is 0 Å². The van der Waals surface area contributed by atoms with Gasteiger partial charge in [0.1, 0.15) is 0 Å². The fourth-order valence-corrected chi connectivity index (χ4v) is 1.70. The maximum atomic E-state index is 11.6. The zero-order valence-corrected chi connectivity index (χ0v) is 11.1. The number of carbonyl (C=O) groups excluding carboxylic acids is 2. The second-order valence-corrected chi connectivity index (χ2v) is 5.31. The Kier molecular flexibility index (Phi) is 5.55. The van der Waals surface area contributed by atoms with Crippen molar-refractivity contribution in [2.75, 3.05) is 26.3 Å². The van der Waals surface area contributed by atoms with Crippen molar-refractivity contribution < 1.29 is 14.3 Å². The molecule has 0 radical (unpaired) electrons. The van der Waals surface area contributed by atoms with E-state index in [1.165, 1.54) is 0 Å². The minimum absolute atomic E-state index is 0.0535.